The average Bonchev–Trinajstić information content (AvgIpc) is 3.98. The topological polar surface area (TPSA) is 132 Å². The molecule has 0 aliphatic carbocycles. The van der Waals surface area contributed by atoms with Gasteiger partial charge in [-0.05, 0) is 78.1 Å². The number of imidazole rings is 6. The zero-order valence-electron chi connectivity index (χ0n) is 31.3. The second-order valence-corrected chi connectivity index (χ2v) is 13.7. The Morgan fingerprint density at radius 3 is 1.89 bits per heavy atom. The maximum absolute atomic E-state index is 4.93. The van der Waals surface area contributed by atoms with Crippen LogP contribution in [0, 0.1) is 55.4 Å². The van der Waals surface area contributed by atoms with Gasteiger partial charge in [0.25, 0.3) is 0 Å². The van der Waals surface area contributed by atoms with Crippen LogP contribution in [0.3, 0.4) is 0 Å². The van der Waals surface area contributed by atoms with E-state index in [9.17, 15) is 0 Å². The van der Waals surface area contributed by atoms with E-state index in [0.717, 1.165) is 85.4 Å². The minimum Gasteiger partial charge on any atom is -0.295 e. The maximum atomic E-state index is 4.93. The number of hydrogen-bond acceptors (Lipinski definition) is 8. The number of para-hydroxylation sites is 2. The lowest BCUT2D eigenvalue weighted by Gasteiger charge is -2.17. The van der Waals surface area contributed by atoms with Crippen LogP contribution in [0.2, 0.25) is 0 Å². The van der Waals surface area contributed by atoms with Crippen LogP contribution >= 0.6 is 0 Å². The molecule has 14 heteroatoms. The molecule has 0 saturated heterocycles. The molecule has 8 heterocycles. The third-order valence-corrected chi connectivity index (χ3v) is 10.0. The van der Waals surface area contributed by atoms with E-state index < -0.39 is 0 Å². The first kappa shape index (κ1) is 32.9. The Balaban J connectivity index is 0.000000143. The second-order valence-electron chi connectivity index (χ2n) is 13.7. The number of hydrogen-bond donors (Lipinski definition) is 0. The van der Waals surface area contributed by atoms with Gasteiger partial charge in [-0.3, -0.25) is 27.1 Å². The van der Waals surface area contributed by atoms with E-state index in [1.807, 2.05) is 37.7 Å². The van der Waals surface area contributed by atoms with Crippen molar-refractivity contribution >= 4 is 33.6 Å². The van der Waals surface area contributed by atoms with Gasteiger partial charge in [-0.1, -0.05) is 30.3 Å². The lowest BCUT2D eigenvalue weighted by Crippen LogP contribution is -2.10. The highest BCUT2D eigenvalue weighted by molar-refractivity contribution is 5.77. The van der Waals surface area contributed by atoms with Gasteiger partial charge in [-0.15, -0.1) is 0 Å². The minimum atomic E-state index is 0.764. The summed E-state index contributed by atoms with van der Waals surface area (Å²) in [7, 11) is 0. The summed E-state index contributed by atoms with van der Waals surface area (Å²) in [5.74, 6) is 2.63. The molecule has 0 saturated carbocycles. The predicted octanol–water partition coefficient (Wildman–Crippen LogP) is 6.98. The summed E-state index contributed by atoms with van der Waals surface area (Å²) in [6.07, 6.45) is 14.5. The van der Waals surface area contributed by atoms with Gasteiger partial charge in [0.05, 0.1) is 41.3 Å². The predicted molar refractivity (Wildman–Crippen MR) is 207 cm³/mol. The summed E-state index contributed by atoms with van der Waals surface area (Å²) in [5.41, 5.74) is 15.1. The molecule has 10 rings (SSSR count). The molecule has 0 amide bonds. The molecule has 0 bridgehead atoms. The van der Waals surface area contributed by atoms with Crippen LogP contribution in [0.5, 0.6) is 0 Å². The van der Waals surface area contributed by atoms with Crippen molar-refractivity contribution in [3.05, 3.63) is 132 Å². The van der Waals surface area contributed by atoms with Crippen LogP contribution in [0.4, 0.5) is 0 Å². The van der Waals surface area contributed by atoms with Crippen molar-refractivity contribution in [1.82, 2.24) is 66.9 Å². The largest absolute Gasteiger partial charge is 0.295 e. The highest BCUT2D eigenvalue weighted by Crippen LogP contribution is 2.32. The summed E-state index contributed by atoms with van der Waals surface area (Å²) in [6.45, 7) is 16.6. The fraction of sp³-hybridized carbons (Fsp3) is 0.200. The molecule has 0 aliphatic rings. The van der Waals surface area contributed by atoms with Gasteiger partial charge < -0.3 is 0 Å². The second kappa shape index (κ2) is 12.3. The van der Waals surface area contributed by atoms with E-state index in [-0.39, 0.29) is 0 Å². The molecule has 0 unspecified atom stereocenters. The lowest BCUT2D eigenvalue weighted by atomic mass is 10.1. The number of aryl methyl sites for hydroxylation is 8. The van der Waals surface area contributed by atoms with Gasteiger partial charge in [0.15, 0.2) is 11.3 Å². The molecule has 14 nitrogen and oxygen atoms in total. The van der Waals surface area contributed by atoms with E-state index in [1.54, 1.807) is 25.0 Å². The fourth-order valence-corrected chi connectivity index (χ4v) is 7.74. The minimum absolute atomic E-state index is 0.764. The summed E-state index contributed by atoms with van der Waals surface area (Å²) in [4.78, 5) is 35.8. The normalized spacial score (nSPS) is 11.7. The summed E-state index contributed by atoms with van der Waals surface area (Å²) < 4.78 is 12.8. The van der Waals surface area contributed by atoms with Crippen LogP contribution in [-0.2, 0) is 0 Å². The first-order chi connectivity index (χ1) is 26.1. The average molecular weight is 715 g/mol. The van der Waals surface area contributed by atoms with Crippen molar-refractivity contribution in [2.75, 3.05) is 0 Å². The molecule has 54 heavy (non-hydrogen) atoms. The van der Waals surface area contributed by atoms with Crippen molar-refractivity contribution in [3.8, 4) is 23.0 Å². The van der Waals surface area contributed by atoms with E-state index >= 15 is 0 Å². The Morgan fingerprint density at radius 2 is 1.17 bits per heavy atom. The van der Waals surface area contributed by atoms with Crippen LogP contribution in [0.15, 0.2) is 86.4 Å². The molecule has 0 radical (unpaired) electrons. The van der Waals surface area contributed by atoms with Gasteiger partial charge in [-0.2, -0.15) is 0 Å². The third kappa shape index (κ3) is 4.94. The number of nitrogens with zero attached hydrogens (tertiary/aromatic N) is 14. The molecule has 10 aromatic rings. The van der Waals surface area contributed by atoms with Crippen LogP contribution < -0.4 is 0 Å². The third-order valence-electron chi connectivity index (χ3n) is 10.0. The van der Waals surface area contributed by atoms with Crippen LogP contribution in [0.25, 0.3) is 56.6 Å². The molecule has 0 aliphatic heterocycles. The first-order valence-electron chi connectivity index (χ1n) is 17.7. The van der Waals surface area contributed by atoms with Crippen molar-refractivity contribution in [2.45, 2.75) is 55.4 Å². The van der Waals surface area contributed by atoms with Crippen LogP contribution in [-0.4, -0.2) is 66.9 Å². The smallest absolute Gasteiger partial charge is 0.222 e. The standard InChI is InChI=1S/C21H21N7.C19H17N7/c1-12-7-6-8-13(2)18(12)28-19-17(9-22-11-23-19)25-21(28)27-14(3)10-26-16(5)24-15(4)20(26)27;1-12-5-4-6-16(26-14(3)23-15-7-20-10-22-19(15)26)18(12)25-13(2)9-24-11-21-8-17(24)25/h6-11H,1-5H3;4-11H,1-3H3. The van der Waals surface area contributed by atoms with Gasteiger partial charge in [-0.25, -0.2) is 39.9 Å². The Bertz CT molecular complexity index is 3030. The molecule has 8 aromatic heterocycles. The van der Waals surface area contributed by atoms with Gasteiger partial charge >= 0.3 is 0 Å². The van der Waals surface area contributed by atoms with E-state index in [4.69, 9.17) is 4.98 Å². The Labute approximate surface area is 310 Å². The van der Waals surface area contributed by atoms with Gasteiger partial charge in [0.2, 0.25) is 5.95 Å². The summed E-state index contributed by atoms with van der Waals surface area (Å²) in [6, 6.07) is 12.6. The number of rotatable bonds is 4. The molecular weight excluding hydrogens is 677 g/mol. The molecule has 268 valence electrons. The highest BCUT2D eigenvalue weighted by atomic mass is 15.3. The molecule has 0 fully saturated rings. The lowest BCUT2D eigenvalue weighted by molar-refractivity contribution is 0.886. The fourth-order valence-electron chi connectivity index (χ4n) is 7.74. The Hall–Kier alpha value is -6.96. The maximum Gasteiger partial charge on any atom is 0.222 e. The zero-order valence-corrected chi connectivity index (χ0v) is 31.3. The number of benzene rings is 2. The number of aromatic nitrogens is 14. The van der Waals surface area contributed by atoms with Crippen molar-refractivity contribution < 1.29 is 0 Å². The number of fused-ring (bicyclic) bond motifs is 4. The highest BCUT2D eigenvalue weighted by Gasteiger charge is 2.23. The molecule has 0 N–H and O–H groups in total. The van der Waals surface area contributed by atoms with Crippen molar-refractivity contribution in [1.29, 1.82) is 0 Å². The van der Waals surface area contributed by atoms with Gasteiger partial charge in [0, 0.05) is 23.8 Å². The summed E-state index contributed by atoms with van der Waals surface area (Å²) >= 11 is 0. The SMILES string of the molecule is Cc1cccc(-n2c(C)nc3cncnc32)c1-n1c(C)cn2cncc12.Cc1cccc(C)c1-n1c(-n2c(C)cn3c(C)nc(C)c23)nc2cncnc21. The first-order valence-corrected chi connectivity index (χ1v) is 17.7. The van der Waals surface area contributed by atoms with Crippen molar-refractivity contribution in [3.63, 3.8) is 0 Å². The molecule has 2 aromatic carbocycles. The summed E-state index contributed by atoms with van der Waals surface area (Å²) in [5, 5.41) is 0. The monoisotopic (exact) mass is 714 g/mol. The zero-order chi connectivity index (χ0) is 37.4. The van der Waals surface area contributed by atoms with Crippen molar-refractivity contribution in [2.24, 2.45) is 0 Å². The van der Waals surface area contributed by atoms with E-state index in [1.165, 1.54) is 16.7 Å². The molecular formula is C40H38N14. The van der Waals surface area contributed by atoms with E-state index in [0.29, 0.717) is 0 Å². The molecule has 0 spiro atoms. The Morgan fingerprint density at radius 1 is 0.537 bits per heavy atom. The molecule has 0 atom stereocenters. The quantitative estimate of drug-likeness (QED) is 0.191. The van der Waals surface area contributed by atoms with Crippen LogP contribution in [0.1, 0.15) is 45.4 Å². The van der Waals surface area contributed by atoms with E-state index in [2.05, 4.69) is 141 Å². The van der Waals surface area contributed by atoms with Gasteiger partial charge in [0.1, 0.15) is 53.0 Å². The Kier molecular flexibility index (Phi) is 7.51.